The molecule has 1 saturated heterocycles. The van der Waals surface area contributed by atoms with Gasteiger partial charge in [-0.05, 0) is 68.1 Å². The molecule has 12 heteroatoms. The van der Waals surface area contributed by atoms with Crippen LogP contribution in [0.2, 0.25) is 0 Å². The van der Waals surface area contributed by atoms with E-state index in [2.05, 4.69) is 34.8 Å². The molecule has 1 fully saturated rings. The van der Waals surface area contributed by atoms with E-state index in [0.717, 1.165) is 23.0 Å². The molecule has 2 unspecified atom stereocenters. The lowest BCUT2D eigenvalue weighted by molar-refractivity contribution is -0.138. The van der Waals surface area contributed by atoms with Crippen LogP contribution in [0.15, 0.2) is 65.5 Å². The van der Waals surface area contributed by atoms with Gasteiger partial charge in [-0.15, -0.1) is 0 Å². The van der Waals surface area contributed by atoms with Gasteiger partial charge in [0.2, 0.25) is 5.91 Å². The normalized spacial score (nSPS) is 20.2. The lowest BCUT2D eigenvalue weighted by atomic mass is 9.84. The molecule has 2 amide bonds. The fourth-order valence-electron chi connectivity index (χ4n) is 6.39. The van der Waals surface area contributed by atoms with Crippen molar-refractivity contribution in [1.82, 2.24) is 24.2 Å². The summed E-state index contributed by atoms with van der Waals surface area (Å²) < 4.78 is 44.5. The number of nitrogens with zero attached hydrogens (tertiary/aromatic N) is 6. The number of piperidine rings is 1. The predicted octanol–water partition coefficient (Wildman–Crippen LogP) is 7.03. The highest BCUT2D eigenvalue weighted by Crippen LogP contribution is 2.45. The second-order valence-electron chi connectivity index (χ2n) is 12.0. The number of hydrogen-bond acceptors (Lipinski definition) is 4. The van der Waals surface area contributed by atoms with Gasteiger partial charge in [0.1, 0.15) is 11.6 Å². The molecule has 0 N–H and O–H groups in total. The number of rotatable bonds is 5. The zero-order chi connectivity index (χ0) is 31.5. The zero-order valence-electron chi connectivity index (χ0n) is 24.7. The third-order valence-corrected chi connectivity index (χ3v) is 9.19. The molecule has 8 nitrogen and oxygen atoms in total. The Hall–Kier alpha value is -3.93. The number of halogens is 4. The Kier molecular flexibility index (Phi) is 7.67. The van der Waals surface area contributed by atoms with Gasteiger partial charge in [0.05, 0.1) is 29.4 Å². The number of aryl methyl sites for hydroxylation is 1. The van der Waals surface area contributed by atoms with E-state index in [0.29, 0.717) is 30.3 Å². The van der Waals surface area contributed by atoms with E-state index in [1.807, 2.05) is 53.7 Å². The third kappa shape index (κ3) is 5.22. The van der Waals surface area contributed by atoms with Crippen molar-refractivity contribution in [2.45, 2.75) is 51.9 Å². The van der Waals surface area contributed by atoms with Crippen LogP contribution >= 0.6 is 15.9 Å². The molecule has 0 saturated carbocycles. The molecule has 6 rings (SSSR count). The number of fused-ring (bicyclic) bond motifs is 3. The van der Waals surface area contributed by atoms with E-state index < -0.39 is 29.6 Å². The maximum absolute atomic E-state index is 14.3. The highest BCUT2D eigenvalue weighted by molar-refractivity contribution is 9.10. The van der Waals surface area contributed by atoms with Crippen molar-refractivity contribution in [3.63, 3.8) is 0 Å². The maximum atomic E-state index is 14.3. The van der Waals surface area contributed by atoms with Crippen LogP contribution < -0.4 is 4.90 Å². The van der Waals surface area contributed by atoms with E-state index in [4.69, 9.17) is 5.10 Å². The molecular weight excluding hydrogens is 637 g/mol. The Morgan fingerprint density at radius 1 is 1.14 bits per heavy atom. The molecule has 4 heterocycles. The van der Waals surface area contributed by atoms with Gasteiger partial charge in [-0.2, -0.15) is 18.3 Å². The number of alkyl halides is 3. The van der Waals surface area contributed by atoms with Crippen molar-refractivity contribution in [2.75, 3.05) is 11.4 Å². The number of carbonyl (C=O) groups excluding carboxylic acids is 2. The lowest BCUT2D eigenvalue weighted by Crippen LogP contribution is -2.56. The molecule has 0 bridgehead atoms. The lowest BCUT2D eigenvalue weighted by Gasteiger charge is -2.47. The van der Waals surface area contributed by atoms with Crippen LogP contribution in [0.4, 0.5) is 24.7 Å². The molecule has 0 aliphatic carbocycles. The summed E-state index contributed by atoms with van der Waals surface area (Å²) in [5.41, 5.74) is 1.58. The summed E-state index contributed by atoms with van der Waals surface area (Å²) in [5, 5.41) is 4.74. The minimum atomic E-state index is -4.61. The van der Waals surface area contributed by atoms with Crippen molar-refractivity contribution >= 4 is 39.2 Å². The first-order valence-corrected chi connectivity index (χ1v) is 15.3. The molecule has 2 aromatic carbocycles. The van der Waals surface area contributed by atoms with Crippen LogP contribution in [-0.2, 0) is 24.4 Å². The summed E-state index contributed by atoms with van der Waals surface area (Å²) in [6.45, 7) is 6.18. The monoisotopic (exact) mass is 668 g/mol. The smallest absolute Gasteiger partial charge is 0.334 e. The van der Waals surface area contributed by atoms with Crippen LogP contribution in [-0.4, -0.2) is 48.6 Å². The second-order valence-corrected chi connectivity index (χ2v) is 12.9. The van der Waals surface area contributed by atoms with E-state index in [1.165, 1.54) is 12.1 Å². The summed E-state index contributed by atoms with van der Waals surface area (Å²) in [4.78, 5) is 35.7. The number of carbonyl (C=O) groups is 2. The first-order valence-electron chi connectivity index (χ1n) is 14.5. The molecule has 0 spiro atoms. The van der Waals surface area contributed by atoms with Crippen LogP contribution in [0.5, 0.6) is 0 Å². The van der Waals surface area contributed by atoms with E-state index in [-0.39, 0.29) is 28.5 Å². The number of aromatic nitrogens is 4. The van der Waals surface area contributed by atoms with Crippen LogP contribution in [0.25, 0.3) is 11.4 Å². The predicted molar refractivity (Wildman–Crippen MR) is 163 cm³/mol. The quantitative estimate of drug-likeness (QED) is 0.229. The van der Waals surface area contributed by atoms with E-state index >= 15 is 0 Å². The number of amides is 2. The summed E-state index contributed by atoms with van der Waals surface area (Å²) >= 11 is 2.95. The number of imidazole rings is 1. The highest BCUT2D eigenvalue weighted by Gasteiger charge is 2.48. The molecule has 0 radical (unpaired) electrons. The summed E-state index contributed by atoms with van der Waals surface area (Å²) in [6, 6.07) is 10.4. The minimum Gasteiger partial charge on any atom is -0.334 e. The zero-order valence-corrected chi connectivity index (χ0v) is 26.3. The van der Waals surface area contributed by atoms with Gasteiger partial charge in [-0.3, -0.25) is 14.5 Å². The van der Waals surface area contributed by atoms with Crippen molar-refractivity contribution in [3.8, 4) is 11.4 Å². The van der Waals surface area contributed by atoms with Gasteiger partial charge < -0.3 is 9.47 Å². The average molecular weight is 670 g/mol. The SMILES string of the molecule is CC(C)Cc1cnn2c1N(c1ccc(-c3nccn3C)cc1)C(=O)C1C[C@H](C)N(C(=O)c3ccc(Br)c(C(F)(F)F)c3)CC12. The Bertz CT molecular complexity index is 1730. The first-order chi connectivity index (χ1) is 20.8. The number of anilines is 2. The van der Waals surface area contributed by atoms with Gasteiger partial charge in [0, 0.05) is 53.2 Å². The largest absolute Gasteiger partial charge is 0.417 e. The van der Waals surface area contributed by atoms with Crippen molar-refractivity contribution in [1.29, 1.82) is 0 Å². The minimum absolute atomic E-state index is 0.0522. The van der Waals surface area contributed by atoms with Gasteiger partial charge in [0.15, 0.2) is 0 Å². The van der Waals surface area contributed by atoms with Crippen molar-refractivity contribution in [2.24, 2.45) is 18.9 Å². The topological polar surface area (TPSA) is 76.3 Å². The molecule has 44 heavy (non-hydrogen) atoms. The number of benzene rings is 2. The van der Waals surface area contributed by atoms with Gasteiger partial charge >= 0.3 is 6.18 Å². The Morgan fingerprint density at radius 3 is 2.50 bits per heavy atom. The Morgan fingerprint density at radius 2 is 1.86 bits per heavy atom. The molecule has 3 atom stereocenters. The molecule has 4 aromatic rings. The van der Waals surface area contributed by atoms with Gasteiger partial charge in [-0.25, -0.2) is 9.67 Å². The highest BCUT2D eigenvalue weighted by atomic mass is 79.9. The summed E-state index contributed by atoms with van der Waals surface area (Å²) in [5.74, 6) is 0.711. The Labute approximate surface area is 261 Å². The van der Waals surface area contributed by atoms with E-state index in [1.54, 1.807) is 22.2 Å². The third-order valence-electron chi connectivity index (χ3n) is 8.49. The maximum Gasteiger partial charge on any atom is 0.417 e. The summed E-state index contributed by atoms with van der Waals surface area (Å²) in [7, 11) is 1.92. The standard InChI is InChI=1S/C32H32BrF3N6O2/c1-18(2)13-22-16-38-42-27-17-40(30(43)21-7-10-26(33)25(15-21)32(34,35)36)19(3)14-24(27)31(44)41(29(22)42)23-8-5-20(6-9-23)28-37-11-12-39(28)4/h5-12,15-16,18-19,24,27H,13-14,17H2,1-4H3/t19-,24?,27?/m0/s1. The van der Waals surface area contributed by atoms with Gasteiger partial charge in [0.25, 0.3) is 5.91 Å². The van der Waals surface area contributed by atoms with E-state index in [9.17, 15) is 22.8 Å². The van der Waals surface area contributed by atoms with Crippen molar-refractivity contribution in [3.05, 3.63) is 82.2 Å². The second kappa shape index (κ2) is 11.2. The van der Waals surface area contributed by atoms with Crippen LogP contribution in [0.3, 0.4) is 0 Å². The molecule has 2 aromatic heterocycles. The fraction of sp³-hybridized carbons (Fsp3) is 0.375. The average Bonchev–Trinajstić information content (AvgIpc) is 3.58. The number of hydrogen-bond donors (Lipinski definition) is 0. The van der Waals surface area contributed by atoms with Crippen LogP contribution in [0.1, 0.15) is 54.7 Å². The Balaban J connectivity index is 1.37. The molecular formula is C32H32BrF3N6O2. The summed E-state index contributed by atoms with van der Waals surface area (Å²) in [6.07, 6.45) is 1.82. The first kappa shape index (κ1) is 30.1. The van der Waals surface area contributed by atoms with Crippen LogP contribution in [0, 0.1) is 11.8 Å². The number of likely N-dealkylation sites (tertiary alicyclic amines) is 1. The van der Waals surface area contributed by atoms with Crippen molar-refractivity contribution < 1.29 is 22.8 Å². The molecule has 2 aliphatic heterocycles. The molecule has 230 valence electrons. The van der Waals surface area contributed by atoms with Gasteiger partial charge in [-0.1, -0.05) is 29.8 Å². The molecule has 2 aliphatic rings. The fourth-order valence-corrected chi connectivity index (χ4v) is 6.86.